The van der Waals surface area contributed by atoms with Gasteiger partial charge in [0.25, 0.3) is 0 Å². The van der Waals surface area contributed by atoms with E-state index in [0.29, 0.717) is 6.54 Å². The second kappa shape index (κ2) is 9.63. The molecule has 1 aromatic carbocycles. The molecular formula is C18H28ClN3O3. The molecule has 1 saturated heterocycles. The summed E-state index contributed by atoms with van der Waals surface area (Å²) in [7, 11) is 1.63. The first-order chi connectivity index (χ1) is 11.4. The van der Waals surface area contributed by atoms with E-state index < -0.39 is 6.04 Å². The monoisotopic (exact) mass is 369 g/mol. The Labute approximate surface area is 155 Å². The lowest BCUT2D eigenvalue weighted by Gasteiger charge is -2.26. The molecule has 2 atom stereocenters. The van der Waals surface area contributed by atoms with Gasteiger partial charge in [-0.05, 0) is 36.5 Å². The molecule has 0 spiro atoms. The molecule has 1 aliphatic rings. The van der Waals surface area contributed by atoms with E-state index in [-0.39, 0.29) is 42.7 Å². The number of ether oxygens (including phenoxy) is 1. The summed E-state index contributed by atoms with van der Waals surface area (Å²) in [5.74, 6) is 0.458. The fourth-order valence-electron chi connectivity index (χ4n) is 2.95. The maximum absolute atomic E-state index is 12.5. The second-order valence-electron chi connectivity index (χ2n) is 6.51. The number of rotatable bonds is 6. The van der Waals surface area contributed by atoms with Gasteiger partial charge in [0.05, 0.1) is 25.7 Å². The molecule has 0 aromatic heterocycles. The van der Waals surface area contributed by atoms with Crippen molar-refractivity contribution in [3.8, 4) is 5.75 Å². The highest BCUT2D eigenvalue weighted by Gasteiger charge is 2.30. The summed E-state index contributed by atoms with van der Waals surface area (Å²) < 4.78 is 5.26. The molecule has 25 heavy (non-hydrogen) atoms. The Morgan fingerprint density at radius 2 is 2.12 bits per heavy atom. The summed E-state index contributed by atoms with van der Waals surface area (Å²) >= 11 is 0. The van der Waals surface area contributed by atoms with Gasteiger partial charge in [0.1, 0.15) is 5.75 Å². The zero-order valence-electron chi connectivity index (χ0n) is 15.0. The highest BCUT2D eigenvalue weighted by Crippen LogP contribution is 2.33. The van der Waals surface area contributed by atoms with Crippen molar-refractivity contribution >= 4 is 24.2 Å². The number of hydrogen-bond acceptors (Lipinski definition) is 4. The molecule has 140 valence electrons. The van der Waals surface area contributed by atoms with Gasteiger partial charge in [-0.3, -0.25) is 9.59 Å². The molecule has 2 rings (SSSR count). The third-order valence-corrected chi connectivity index (χ3v) is 4.49. The molecule has 7 heteroatoms. The Hall–Kier alpha value is -1.79. The van der Waals surface area contributed by atoms with Crippen LogP contribution >= 0.6 is 12.4 Å². The lowest BCUT2D eigenvalue weighted by molar-refractivity contribution is -0.134. The maximum Gasteiger partial charge on any atom is 0.242 e. The number of nitrogens with two attached hydrogens (primary N) is 1. The average molecular weight is 370 g/mol. The molecule has 1 heterocycles. The van der Waals surface area contributed by atoms with Crippen molar-refractivity contribution in [2.24, 2.45) is 11.7 Å². The van der Waals surface area contributed by atoms with Crippen LogP contribution in [0.3, 0.4) is 0 Å². The Kier molecular flexibility index (Phi) is 8.19. The SMILES string of the molecule is COc1cccc(C2CCCN2C(=O)CNC(=O)[C@@H](N)C(C)C)c1.Cl. The van der Waals surface area contributed by atoms with Crippen molar-refractivity contribution < 1.29 is 14.3 Å². The van der Waals surface area contributed by atoms with Crippen LogP contribution in [0.15, 0.2) is 24.3 Å². The number of hydrogen-bond donors (Lipinski definition) is 2. The summed E-state index contributed by atoms with van der Waals surface area (Å²) in [5.41, 5.74) is 6.86. The Balaban J connectivity index is 0.00000312. The predicted molar refractivity (Wildman–Crippen MR) is 99.8 cm³/mol. The summed E-state index contributed by atoms with van der Waals surface area (Å²) in [6.45, 7) is 4.45. The molecule has 6 nitrogen and oxygen atoms in total. The van der Waals surface area contributed by atoms with Gasteiger partial charge in [0.15, 0.2) is 0 Å². The first-order valence-corrected chi connectivity index (χ1v) is 8.40. The van der Waals surface area contributed by atoms with E-state index in [4.69, 9.17) is 10.5 Å². The molecule has 3 N–H and O–H groups in total. The number of benzene rings is 1. The number of carbonyl (C=O) groups is 2. The van der Waals surface area contributed by atoms with Crippen molar-refractivity contribution in [3.63, 3.8) is 0 Å². The minimum Gasteiger partial charge on any atom is -0.497 e. The normalized spacial score (nSPS) is 17.8. The number of likely N-dealkylation sites (tertiary alicyclic amines) is 1. The van der Waals surface area contributed by atoms with Crippen LogP contribution in [0.5, 0.6) is 5.75 Å². The second-order valence-corrected chi connectivity index (χ2v) is 6.51. The highest BCUT2D eigenvalue weighted by molar-refractivity contribution is 5.87. The smallest absolute Gasteiger partial charge is 0.242 e. The standard InChI is InChI=1S/C18H27N3O3.ClH/c1-12(2)17(19)18(23)20-11-16(22)21-9-5-8-15(21)13-6-4-7-14(10-13)24-3;/h4,6-7,10,12,15,17H,5,8-9,11,19H2,1-3H3,(H,20,23);1H/t15?,17-;/m0./s1. The number of carbonyl (C=O) groups excluding carboxylic acids is 2. The van der Waals surface area contributed by atoms with Crippen LogP contribution < -0.4 is 15.8 Å². The largest absolute Gasteiger partial charge is 0.497 e. The van der Waals surface area contributed by atoms with Crippen LogP contribution in [0.25, 0.3) is 0 Å². The van der Waals surface area contributed by atoms with E-state index in [0.717, 1.165) is 24.2 Å². The van der Waals surface area contributed by atoms with E-state index in [2.05, 4.69) is 5.32 Å². The Morgan fingerprint density at radius 3 is 2.76 bits per heavy atom. The van der Waals surface area contributed by atoms with E-state index in [1.807, 2.05) is 43.0 Å². The minimum absolute atomic E-state index is 0. The third-order valence-electron chi connectivity index (χ3n) is 4.49. The van der Waals surface area contributed by atoms with Gasteiger partial charge in [-0.1, -0.05) is 26.0 Å². The van der Waals surface area contributed by atoms with Crippen molar-refractivity contribution in [2.75, 3.05) is 20.2 Å². The molecule has 0 radical (unpaired) electrons. The Morgan fingerprint density at radius 1 is 1.40 bits per heavy atom. The molecule has 1 aliphatic heterocycles. The number of nitrogens with one attached hydrogen (secondary N) is 1. The quantitative estimate of drug-likeness (QED) is 0.801. The molecule has 0 aliphatic carbocycles. The predicted octanol–water partition coefficient (Wildman–Crippen LogP) is 1.88. The van der Waals surface area contributed by atoms with E-state index in [1.165, 1.54) is 0 Å². The van der Waals surface area contributed by atoms with Crippen LogP contribution in [-0.4, -0.2) is 43.0 Å². The van der Waals surface area contributed by atoms with Crippen molar-refractivity contribution in [1.82, 2.24) is 10.2 Å². The highest BCUT2D eigenvalue weighted by atomic mass is 35.5. The van der Waals surface area contributed by atoms with Gasteiger partial charge in [0, 0.05) is 6.54 Å². The maximum atomic E-state index is 12.5. The number of amides is 2. The van der Waals surface area contributed by atoms with Crippen molar-refractivity contribution in [1.29, 1.82) is 0 Å². The topological polar surface area (TPSA) is 84.7 Å². The van der Waals surface area contributed by atoms with Gasteiger partial charge in [0.2, 0.25) is 11.8 Å². The number of halogens is 1. The van der Waals surface area contributed by atoms with Gasteiger partial charge in [-0.2, -0.15) is 0 Å². The van der Waals surface area contributed by atoms with Gasteiger partial charge in [-0.25, -0.2) is 0 Å². The fourth-order valence-corrected chi connectivity index (χ4v) is 2.95. The molecular weight excluding hydrogens is 342 g/mol. The van der Waals surface area contributed by atoms with Crippen LogP contribution in [0, 0.1) is 5.92 Å². The first kappa shape index (κ1) is 21.3. The molecule has 0 bridgehead atoms. The zero-order valence-corrected chi connectivity index (χ0v) is 15.8. The van der Waals surface area contributed by atoms with E-state index in [9.17, 15) is 9.59 Å². The lowest BCUT2D eigenvalue weighted by atomic mass is 10.0. The number of nitrogens with zero attached hydrogens (tertiary/aromatic N) is 1. The summed E-state index contributed by atoms with van der Waals surface area (Å²) in [6, 6.07) is 7.22. The molecule has 1 unspecified atom stereocenters. The minimum atomic E-state index is -0.592. The molecule has 1 aromatic rings. The van der Waals surface area contributed by atoms with E-state index >= 15 is 0 Å². The third kappa shape index (κ3) is 5.34. The van der Waals surface area contributed by atoms with E-state index in [1.54, 1.807) is 7.11 Å². The van der Waals surface area contributed by atoms with Crippen LogP contribution in [0.4, 0.5) is 0 Å². The number of methoxy groups -OCH3 is 1. The summed E-state index contributed by atoms with van der Waals surface area (Å²) in [4.78, 5) is 26.3. The van der Waals surface area contributed by atoms with Crippen molar-refractivity contribution in [2.45, 2.75) is 38.8 Å². The molecule has 0 saturated carbocycles. The average Bonchev–Trinajstić information content (AvgIpc) is 3.08. The van der Waals surface area contributed by atoms with Crippen molar-refractivity contribution in [3.05, 3.63) is 29.8 Å². The molecule has 1 fully saturated rings. The lowest BCUT2D eigenvalue weighted by Crippen LogP contribution is -2.47. The Bertz CT molecular complexity index is 595. The fraction of sp³-hybridized carbons (Fsp3) is 0.556. The summed E-state index contributed by atoms with van der Waals surface area (Å²) in [6.07, 6.45) is 1.87. The molecule has 2 amide bonds. The van der Waals surface area contributed by atoms with Gasteiger partial charge >= 0.3 is 0 Å². The summed E-state index contributed by atoms with van der Waals surface area (Å²) in [5, 5.41) is 2.66. The van der Waals surface area contributed by atoms with Gasteiger partial charge in [-0.15, -0.1) is 12.4 Å². The van der Waals surface area contributed by atoms with Crippen LogP contribution in [0.1, 0.15) is 38.3 Å². The van der Waals surface area contributed by atoms with Crippen LogP contribution in [0.2, 0.25) is 0 Å². The van der Waals surface area contributed by atoms with Gasteiger partial charge < -0.3 is 20.7 Å². The zero-order chi connectivity index (χ0) is 17.7. The first-order valence-electron chi connectivity index (χ1n) is 8.40. The van der Waals surface area contributed by atoms with Crippen LogP contribution in [-0.2, 0) is 9.59 Å².